The number of Topliss-reactive ketones (excluding diaryl/α,β-unsaturated/α-hetero) is 1. The SMILES string of the molecule is COC1=CC2=CCC3C(=CC[C@]4(C)C(=O)C([Se]c5ccccc5)CC34)[C@@]2(C)CC1. The number of allylic oxidation sites excluding steroid dienone is 6. The fraction of sp³-hybridized carbons (Fsp3) is 0.500. The minimum absolute atomic E-state index is 0.123. The summed E-state index contributed by atoms with van der Waals surface area (Å²) >= 11 is 0.235. The summed E-state index contributed by atoms with van der Waals surface area (Å²) in [5, 5.41) is 0. The van der Waals surface area contributed by atoms with Gasteiger partial charge >= 0.3 is 181 Å². The van der Waals surface area contributed by atoms with Crippen molar-refractivity contribution in [3.05, 3.63) is 65.5 Å². The van der Waals surface area contributed by atoms with Gasteiger partial charge in [-0.05, 0) is 0 Å². The van der Waals surface area contributed by atoms with Crippen LogP contribution in [0.15, 0.2) is 65.5 Å². The van der Waals surface area contributed by atoms with Crippen molar-refractivity contribution in [1.82, 2.24) is 0 Å². The molecule has 1 fully saturated rings. The molecule has 1 saturated carbocycles. The van der Waals surface area contributed by atoms with E-state index in [1.807, 2.05) is 0 Å². The molecule has 3 heteroatoms. The molecular weight excluding hydrogens is 423 g/mol. The first-order valence-corrected chi connectivity index (χ1v) is 12.7. The molecule has 152 valence electrons. The van der Waals surface area contributed by atoms with E-state index in [1.165, 1.54) is 10.0 Å². The van der Waals surface area contributed by atoms with E-state index in [-0.39, 0.29) is 30.6 Å². The van der Waals surface area contributed by atoms with E-state index in [4.69, 9.17) is 4.74 Å². The van der Waals surface area contributed by atoms with Gasteiger partial charge in [0.2, 0.25) is 0 Å². The quantitative estimate of drug-likeness (QED) is 0.475. The molecule has 29 heavy (non-hydrogen) atoms. The van der Waals surface area contributed by atoms with Crippen molar-refractivity contribution in [2.24, 2.45) is 22.7 Å². The molecule has 2 nitrogen and oxygen atoms in total. The minimum atomic E-state index is -0.167. The van der Waals surface area contributed by atoms with E-state index >= 15 is 0 Å². The van der Waals surface area contributed by atoms with Crippen LogP contribution in [0.4, 0.5) is 0 Å². The first kappa shape index (κ1) is 19.4. The van der Waals surface area contributed by atoms with Crippen LogP contribution in [0.1, 0.15) is 46.0 Å². The average molecular weight is 453 g/mol. The fourth-order valence-corrected chi connectivity index (χ4v) is 9.10. The van der Waals surface area contributed by atoms with Crippen molar-refractivity contribution in [3.63, 3.8) is 0 Å². The monoisotopic (exact) mass is 454 g/mol. The van der Waals surface area contributed by atoms with Crippen molar-refractivity contribution in [1.29, 1.82) is 0 Å². The summed E-state index contributed by atoms with van der Waals surface area (Å²) in [5.74, 6) is 2.66. The molecule has 4 aliphatic rings. The number of ketones is 1. The number of hydrogen-bond acceptors (Lipinski definition) is 2. The predicted octanol–water partition coefficient (Wildman–Crippen LogP) is 5.01. The molecule has 0 saturated heterocycles. The van der Waals surface area contributed by atoms with Gasteiger partial charge in [-0.2, -0.15) is 0 Å². The Hall–Kier alpha value is -1.57. The van der Waals surface area contributed by atoms with E-state index in [2.05, 4.69) is 62.4 Å². The summed E-state index contributed by atoms with van der Waals surface area (Å²) in [6.45, 7) is 4.68. The van der Waals surface area contributed by atoms with Crippen LogP contribution in [-0.4, -0.2) is 27.8 Å². The predicted molar refractivity (Wildman–Crippen MR) is 118 cm³/mol. The van der Waals surface area contributed by atoms with E-state index < -0.39 is 0 Å². The second kappa shape index (κ2) is 7.00. The maximum atomic E-state index is 13.5. The number of fused-ring (bicyclic) bond motifs is 5. The normalized spacial score (nSPS) is 38.2. The Morgan fingerprint density at radius 1 is 1.14 bits per heavy atom. The number of benzene rings is 1. The van der Waals surface area contributed by atoms with Gasteiger partial charge in [0.05, 0.1) is 0 Å². The molecule has 0 bridgehead atoms. The molecule has 1 aromatic carbocycles. The van der Waals surface area contributed by atoms with Crippen LogP contribution in [-0.2, 0) is 9.53 Å². The molecule has 0 aromatic heterocycles. The second-order valence-corrected chi connectivity index (χ2v) is 12.2. The third kappa shape index (κ3) is 2.93. The summed E-state index contributed by atoms with van der Waals surface area (Å²) in [6, 6.07) is 10.7. The Morgan fingerprint density at radius 3 is 2.69 bits per heavy atom. The molecule has 1 aromatic rings. The van der Waals surface area contributed by atoms with E-state index in [0.29, 0.717) is 17.6 Å². The fourth-order valence-electron chi connectivity index (χ4n) is 6.32. The Bertz CT molecular complexity index is 927. The first-order valence-electron chi connectivity index (χ1n) is 10.9. The maximum absolute atomic E-state index is 13.5. The second-order valence-electron chi connectivity index (χ2n) is 9.56. The molecule has 5 atom stereocenters. The van der Waals surface area contributed by atoms with Crippen molar-refractivity contribution in [3.8, 4) is 0 Å². The van der Waals surface area contributed by atoms with Gasteiger partial charge in [0, 0.05) is 0 Å². The zero-order valence-corrected chi connectivity index (χ0v) is 19.3. The van der Waals surface area contributed by atoms with Gasteiger partial charge in [-0.3, -0.25) is 0 Å². The first-order chi connectivity index (χ1) is 14.0. The summed E-state index contributed by atoms with van der Waals surface area (Å²) < 4.78 is 6.91. The summed E-state index contributed by atoms with van der Waals surface area (Å²) in [5.41, 5.74) is 3.00. The molecule has 0 heterocycles. The molecule has 3 unspecified atom stereocenters. The molecule has 0 aliphatic heterocycles. The van der Waals surface area contributed by atoms with Crippen LogP contribution < -0.4 is 4.46 Å². The third-order valence-corrected chi connectivity index (χ3v) is 10.7. The van der Waals surface area contributed by atoms with Crippen LogP contribution in [0.3, 0.4) is 0 Å². The molecular formula is C26H30O2Se. The van der Waals surface area contributed by atoms with Crippen LogP contribution in [0.2, 0.25) is 4.82 Å². The molecule has 4 aliphatic carbocycles. The Balaban J connectivity index is 1.45. The molecule has 0 N–H and O–H groups in total. The van der Waals surface area contributed by atoms with Crippen LogP contribution >= 0.6 is 0 Å². The van der Waals surface area contributed by atoms with Gasteiger partial charge in [-0.1, -0.05) is 0 Å². The Kier molecular flexibility index (Phi) is 4.68. The molecule has 0 amide bonds. The summed E-state index contributed by atoms with van der Waals surface area (Å²) in [7, 11) is 1.78. The summed E-state index contributed by atoms with van der Waals surface area (Å²) in [4.78, 5) is 13.8. The van der Waals surface area contributed by atoms with E-state index in [9.17, 15) is 4.79 Å². The van der Waals surface area contributed by atoms with E-state index in [1.54, 1.807) is 12.7 Å². The van der Waals surface area contributed by atoms with Gasteiger partial charge in [0.25, 0.3) is 0 Å². The van der Waals surface area contributed by atoms with Gasteiger partial charge in [-0.25, -0.2) is 0 Å². The molecule has 0 radical (unpaired) electrons. The number of methoxy groups -OCH3 is 1. The number of hydrogen-bond donors (Lipinski definition) is 0. The summed E-state index contributed by atoms with van der Waals surface area (Å²) in [6.07, 6.45) is 12.4. The zero-order valence-electron chi connectivity index (χ0n) is 17.6. The number of rotatable bonds is 3. The topological polar surface area (TPSA) is 26.3 Å². The third-order valence-electron chi connectivity index (χ3n) is 8.11. The Morgan fingerprint density at radius 2 is 1.93 bits per heavy atom. The average Bonchev–Trinajstić information content (AvgIpc) is 2.99. The zero-order chi connectivity index (χ0) is 20.2. The van der Waals surface area contributed by atoms with Gasteiger partial charge in [-0.15, -0.1) is 0 Å². The van der Waals surface area contributed by atoms with Crippen molar-refractivity contribution < 1.29 is 9.53 Å². The van der Waals surface area contributed by atoms with Crippen LogP contribution in [0, 0.1) is 22.7 Å². The van der Waals surface area contributed by atoms with Crippen molar-refractivity contribution >= 4 is 25.2 Å². The standard InChI is InChI=1S/C26H30O2Se/c1-25-13-11-18(28-3)15-17(25)9-10-20-21(25)12-14-26(2)22(20)16-23(24(26)27)29-19-7-5-4-6-8-19/h4-9,12,15,20,22-23H,10-11,13-14,16H2,1-3H3/t20?,22?,23?,25-,26-/m0/s1. The molecule has 5 rings (SSSR count). The van der Waals surface area contributed by atoms with Gasteiger partial charge in [0.15, 0.2) is 0 Å². The number of carbonyl (C=O) groups excluding carboxylic acids is 1. The van der Waals surface area contributed by atoms with Gasteiger partial charge < -0.3 is 0 Å². The van der Waals surface area contributed by atoms with Crippen molar-refractivity contribution in [2.45, 2.75) is 50.8 Å². The van der Waals surface area contributed by atoms with Gasteiger partial charge in [0.1, 0.15) is 0 Å². The Labute approximate surface area is 180 Å². The molecule has 0 spiro atoms. The number of carbonyl (C=O) groups is 1. The number of ether oxygens (including phenoxy) is 1. The van der Waals surface area contributed by atoms with Crippen LogP contribution in [0.5, 0.6) is 0 Å². The van der Waals surface area contributed by atoms with E-state index in [0.717, 1.165) is 37.9 Å². The van der Waals surface area contributed by atoms with Crippen molar-refractivity contribution in [2.75, 3.05) is 7.11 Å². The van der Waals surface area contributed by atoms with Crippen LogP contribution in [0.25, 0.3) is 0 Å².